The quantitative estimate of drug-likeness (QED) is 0.491. The summed E-state index contributed by atoms with van der Waals surface area (Å²) >= 11 is 5.39. The molecule has 0 atom stereocenters. The largest absolute Gasteiger partial charge is 0.370 e. The molecule has 0 saturated carbocycles. The highest BCUT2D eigenvalue weighted by molar-refractivity contribution is 7.89. The Hall–Kier alpha value is -1.64. The highest BCUT2D eigenvalue weighted by Gasteiger charge is 2.27. The Morgan fingerprint density at radius 2 is 1.86 bits per heavy atom. The Labute approximate surface area is 175 Å². The van der Waals surface area contributed by atoms with Gasteiger partial charge in [-0.1, -0.05) is 18.6 Å². The van der Waals surface area contributed by atoms with Gasteiger partial charge in [-0.2, -0.15) is 4.31 Å². The number of piperidine rings is 1. The van der Waals surface area contributed by atoms with Crippen molar-refractivity contribution in [2.75, 3.05) is 42.9 Å². The maximum absolute atomic E-state index is 13.1. The summed E-state index contributed by atoms with van der Waals surface area (Å²) in [6.07, 6.45) is 2.91. The van der Waals surface area contributed by atoms with E-state index in [1.807, 2.05) is 13.0 Å². The number of rotatable bonds is 8. The normalized spacial score (nSPS) is 15.1. The molecule has 2 N–H and O–H groups in total. The van der Waals surface area contributed by atoms with Crippen LogP contribution in [-0.4, -0.2) is 50.6 Å². The molecule has 0 aliphatic carbocycles. The molecular weight excluding hydrogens is 392 g/mol. The maximum Gasteiger partial charge on any atom is 0.243 e. The van der Waals surface area contributed by atoms with E-state index in [-0.39, 0.29) is 0 Å². The van der Waals surface area contributed by atoms with Crippen molar-refractivity contribution >= 4 is 38.7 Å². The van der Waals surface area contributed by atoms with Gasteiger partial charge in [0.25, 0.3) is 0 Å². The van der Waals surface area contributed by atoms with Gasteiger partial charge in [-0.15, -0.1) is 0 Å². The lowest BCUT2D eigenvalue weighted by Crippen LogP contribution is -2.36. The van der Waals surface area contributed by atoms with E-state index in [0.717, 1.165) is 43.6 Å². The van der Waals surface area contributed by atoms with Gasteiger partial charge in [0.2, 0.25) is 10.0 Å². The van der Waals surface area contributed by atoms with Crippen LogP contribution in [0, 0.1) is 0 Å². The topological polar surface area (TPSA) is 64.7 Å². The predicted molar refractivity (Wildman–Crippen MR) is 122 cm³/mol. The summed E-state index contributed by atoms with van der Waals surface area (Å²) in [5, 5.41) is 6.73. The van der Waals surface area contributed by atoms with E-state index in [0.29, 0.717) is 35.3 Å². The number of anilines is 2. The lowest BCUT2D eigenvalue weighted by molar-refractivity contribution is 0.346. The van der Waals surface area contributed by atoms with Gasteiger partial charge < -0.3 is 15.5 Å². The van der Waals surface area contributed by atoms with E-state index in [1.165, 1.54) is 0 Å². The molecule has 0 bridgehead atoms. The molecule has 2 rings (SSSR count). The molecule has 0 unspecified atom stereocenters. The predicted octanol–water partition coefficient (Wildman–Crippen LogP) is 3.57. The van der Waals surface area contributed by atoms with Gasteiger partial charge in [-0.25, -0.2) is 8.42 Å². The van der Waals surface area contributed by atoms with Crippen molar-refractivity contribution in [3.8, 4) is 0 Å². The summed E-state index contributed by atoms with van der Waals surface area (Å²) < 4.78 is 27.8. The Kier molecular flexibility index (Phi) is 8.27. The van der Waals surface area contributed by atoms with E-state index in [2.05, 4.69) is 36.0 Å². The Bertz CT molecular complexity index is 798. The zero-order valence-corrected chi connectivity index (χ0v) is 18.8. The van der Waals surface area contributed by atoms with Crippen molar-refractivity contribution in [1.29, 1.82) is 0 Å². The van der Waals surface area contributed by atoms with Gasteiger partial charge in [0.1, 0.15) is 0 Å². The summed E-state index contributed by atoms with van der Waals surface area (Å²) in [7, 11) is -3.50. The van der Waals surface area contributed by atoms with Crippen molar-refractivity contribution < 1.29 is 8.42 Å². The van der Waals surface area contributed by atoms with Gasteiger partial charge in [-0.3, -0.25) is 0 Å². The second kappa shape index (κ2) is 10.2. The molecule has 0 aromatic heterocycles. The summed E-state index contributed by atoms with van der Waals surface area (Å²) in [4.78, 5) is 2.47. The van der Waals surface area contributed by atoms with Crippen LogP contribution in [0.15, 0.2) is 35.2 Å². The van der Waals surface area contributed by atoms with Crippen molar-refractivity contribution in [2.24, 2.45) is 0 Å². The average molecular weight is 425 g/mol. The third kappa shape index (κ3) is 5.68. The van der Waals surface area contributed by atoms with Crippen molar-refractivity contribution in [1.82, 2.24) is 9.62 Å². The highest BCUT2D eigenvalue weighted by atomic mass is 32.2. The van der Waals surface area contributed by atoms with Crippen LogP contribution in [0.5, 0.6) is 0 Å². The minimum absolute atomic E-state index is 0.301. The number of hydrogen-bond donors (Lipinski definition) is 2. The first-order chi connectivity index (χ1) is 13.3. The SMILES string of the molecule is C=C(C)CNC(=S)Nc1cc(S(=O)(=O)N2CCCCC2)ccc1N(CC)CC. The smallest absolute Gasteiger partial charge is 0.243 e. The molecule has 1 heterocycles. The molecule has 0 spiro atoms. The number of hydrogen-bond acceptors (Lipinski definition) is 4. The summed E-state index contributed by atoms with van der Waals surface area (Å²) in [5.74, 6) is 0. The number of sulfonamides is 1. The minimum atomic E-state index is -3.50. The van der Waals surface area contributed by atoms with Crippen LogP contribution in [0.4, 0.5) is 11.4 Å². The molecule has 1 aromatic rings. The van der Waals surface area contributed by atoms with Crippen LogP contribution in [0.1, 0.15) is 40.0 Å². The first kappa shape index (κ1) is 22.6. The number of nitrogens with one attached hydrogen (secondary N) is 2. The Balaban J connectivity index is 2.36. The van der Waals surface area contributed by atoms with E-state index in [9.17, 15) is 8.42 Å². The van der Waals surface area contributed by atoms with Gasteiger partial charge in [0, 0.05) is 32.7 Å². The lowest BCUT2D eigenvalue weighted by atomic mass is 10.2. The van der Waals surface area contributed by atoms with E-state index < -0.39 is 10.0 Å². The number of thiocarbonyl (C=S) groups is 1. The van der Waals surface area contributed by atoms with Gasteiger partial charge >= 0.3 is 0 Å². The fourth-order valence-corrected chi connectivity index (χ4v) is 4.99. The van der Waals surface area contributed by atoms with Crippen LogP contribution in [-0.2, 0) is 10.0 Å². The summed E-state index contributed by atoms with van der Waals surface area (Å²) in [5.41, 5.74) is 2.60. The van der Waals surface area contributed by atoms with Crippen LogP contribution >= 0.6 is 12.2 Å². The third-order valence-corrected chi connectivity index (χ3v) is 6.96. The molecule has 1 aromatic carbocycles. The molecule has 1 fully saturated rings. The first-order valence-electron chi connectivity index (χ1n) is 9.88. The second-order valence-corrected chi connectivity index (χ2v) is 9.43. The van der Waals surface area contributed by atoms with Crippen LogP contribution in [0.3, 0.4) is 0 Å². The van der Waals surface area contributed by atoms with Crippen LogP contribution in [0.25, 0.3) is 0 Å². The molecular formula is C20H32N4O2S2. The monoisotopic (exact) mass is 424 g/mol. The van der Waals surface area contributed by atoms with Crippen LogP contribution in [0.2, 0.25) is 0 Å². The Morgan fingerprint density at radius 3 is 2.43 bits per heavy atom. The molecule has 1 saturated heterocycles. The number of benzene rings is 1. The van der Waals surface area contributed by atoms with Crippen molar-refractivity contribution in [2.45, 2.75) is 44.9 Å². The first-order valence-corrected chi connectivity index (χ1v) is 11.7. The summed E-state index contributed by atoms with van der Waals surface area (Å²) in [6, 6.07) is 5.27. The molecule has 1 aliphatic heterocycles. The second-order valence-electron chi connectivity index (χ2n) is 7.08. The lowest BCUT2D eigenvalue weighted by Gasteiger charge is -2.28. The van der Waals surface area contributed by atoms with E-state index in [4.69, 9.17) is 12.2 Å². The molecule has 28 heavy (non-hydrogen) atoms. The molecule has 6 nitrogen and oxygen atoms in total. The molecule has 156 valence electrons. The molecule has 0 amide bonds. The summed E-state index contributed by atoms with van der Waals surface area (Å²) in [6.45, 7) is 13.3. The third-order valence-electron chi connectivity index (χ3n) is 4.82. The van der Waals surface area contributed by atoms with Crippen molar-refractivity contribution in [3.63, 3.8) is 0 Å². The molecule has 0 radical (unpaired) electrons. The average Bonchev–Trinajstić information content (AvgIpc) is 2.69. The van der Waals surface area contributed by atoms with E-state index >= 15 is 0 Å². The van der Waals surface area contributed by atoms with E-state index in [1.54, 1.807) is 16.4 Å². The fourth-order valence-electron chi connectivity index (χ4n) is 3.27. The van der Waals surface area contributed by atoms with Gasteiger partial charge in [0.05, 0.1) is 16.3 Å². The Morgan fingerprint density at radius 1 is 1.21 bits per heavy atom. The van der Waals surface area contributed by atoms with Gasteiger partial charge in [0.15, 0.2) is 5.11 Å². The fraction of sp³-hybridized carbons (Fsp3) is 0.550. The number of nitrogens with zero attached hydrogens (tertiary/aromatic N) is 2. The van der Waals surface area contributed by atoms with Crippen LogP contribution < -0.4 is 15.5 Å². The minimum Gasteiger partial charge on any atom is -0.370 e. The molecule has 8 heteroatoms. The van der Waals surface area contributed by atoms with Crippen molar-refractivity contribution in [3.05, 3.63) is 30.4 Å². The zero-order valence-electron chi connectivity index (χ0n) is 17.1. The molecule has 1 aliphatic rings. The zero-order chi connectivity index (χ0) is 20.7. The highest BCUT2D eigenvalue weighted by Crippen LogP contribution is 2.31. The van der Waals surface area contributed by atoms with Gasteiger partial charge in [-0.05, 0) is 64.0 Å². The maximum atomic E-state index is 13.1. The standard InChI is InChI=1S/C20H32N4O2S2/c1-5-23(6-2)19-11-10-17(28(25,26)24-12-8-7-9-13-24)14-18(19)22-20(27)21-15-16(3)4/h10-11,14H,3,5-9,12-13,15H2,1-2,4H3,(H2,21,22,27).